The average Bonchev–Trinajstić information content (AvgIpc) is 3.34. The van der Waals surface area contributed by atoms with Crippen LogP contribution in [0.5, 0.6) is 5.75 Å². The van der Waals surface area contributed by atoms with E-state index >= 15 is 0 Å². The van der Waals surface area contributed by atoms with Gasteiger partial charge in [0.05, 0.1) is 12.6 Å². The fraction of sp³-hybridized carbons (Fsp3) is 0.429. The molecule has 26 heavy (non-hydrogen) atoms. The molecule has 4 rings (SSSR count). The summed E-state index contributed by atoms with van der Waals surface area (Å²) in [6.45, 7) is 1.79. The highest BCUT2D eigenvalue weighted by atomic mass is 16.5. The first-order valence-electron chi connectivity index (χ1n) is 9.50. The monoisotopic (exact) mass is 351 g/mol. The zero-order chi connectivity index (χ0) is 17.8. The lowest BCUT2D eigenvalue weighted by Gasteiger charge is -2.25. The fourth-order valence-corrected chi connectivity index (χ4v) is 4.01. The third-order valence-corrected chi connectivity index (χ3v) is 5.32. The molecule has 2 aromatic rings. The maximum Gasteiger partial charge on any atom is 0.318 e. The molecule has 2 heterocycles. The molecule has 0 unspecified atom stereocenters. The van der Waals surface area contributed by atoms with E-state index in [1.165, 1.54) is 24.0 Å². The molecule has 1 aromatic heterocycles. The molecule has 0 saturated carbocycles. The zero-order valence-corrected chi connectivity index (χ0v) is 15.0. The summed E-state index contributed by atoms with van der Waals surface area (Å²) in [4.78, 5) is 18.5. The van der Waals surface area contributed by atoms with Gasteiger partial charge in [-0.15, -0.1) is 0 Å². The molecule has 1 N–H and O–H groups in total. The SMILES string of the molecule is O=C(NCCOc1ccc2c(c1)CCC2)N1CCC[C@@H]1c1ccncc1. The smallest absolute Gasteiger partial charge is 0.318 e. The molecule has 1 aliphatic heterocycles. The number of nitrogens with zero attached hydrogens (tertiary/aromatic N) is 2. The van der Waals surface area contributed by atoms with E-state index in [0.29, 0.717) is 13.2 Å². The van der Waals surface area contributed by atoms with Crippen molar-refractivity contribution in [2.75, 3.05) is 19.7 Å². The number of aryl methyl sites for hydroxylation is 2. The van der Waals surface area contributed by atoms with Gasteiger partial charge in [0.1, 0.15) is 12.4 Å². The molecule has 0 radical (unpaired) electrons. The van der Waals surface area contributed by atoms with Crippen molar-refractivity contribution in [1.29, 1.82) is 0 Å². The first-order chi connectivity index (χ1) is 12.8. The number of hydrogen-bond donors (Lipinski definition) is 1. The number of pyridine rings is 1. The number of aromatic nitrogens is 1. The molecule has 1 aliphatic carbocycles. The van der Waals surface area contributed by atoms with Crippen molar-refractivity contribution in [3.63, 3.8) is 0 Å². The van der Waals surface area contributed by atoms with E-state index in [9.17, 15) is 4.79 Å². The Kier molecular flexibility index (Phi) is 5.04. The molecule has 5 heteroatoms. The van der Waals surface area contributed by atoms with Crippen molar-refractivity contribution in [3.8, 4) is 5.75 Å². The Morgan fingerprint density at radius 2 is 2.00 bits per heavy atom. The summed E-state index contributed by atoms with van der Waals surface area (Å²) in [5.74, 6) is 0.899. The normalized spacial score (nSPS) is 18.6. The highest BCUT2D eigenvalue weighted by molar-refractivity contribution is 5.75. The first-order valence-corrected chi connectivity index (χ1v) is 9.50. The molecule has 1 saturated heterocycles. The Hall–Kier alpha value is -2.56. The maximum atomic E-state index is 12.5. The molecule has 2 amide bonds. The van der Waals surface area contributed by atoms with E-state index in [4.69, 9.17) is 4.74 Å². The Labute approximate surface area is 154 Å². The van der Waals surface area contributed by atoms with E-state index in [2.05, 4.69) is 22.4 Å². The van der Waals surface area contributed by atoms with Crippen molar-refractivity contribution in [1.82, 2.24) is 15.2 Å². The summed E-state index contributed by atoms with van der Waals surface area (Å²) in [5, 5.41) is 2.99. The number of nitrogens with one attached hydrogen (secondary N) is 1. The Morgan fingerprint density at radius 3 is 2.88 bits per heavy atom. The predicted molar refractivity (Wildman–Crippen MR) is 100 cm³/mol. The summed E-state index contributed by atoms with van der Waals surface area (Å²) in [5.41, 5.74) is 4.01. The number of rotatable bonds is 5. The van der Waals surface area contributed by atoms with Crippen LogP contribution >= 0.6 is 0 Å². The molecule has 136 valence electrons. The molecule has 1 atom stereocenters. The number of likely N-dealkylation sites (tertiary alicyclic amines) is 1. The summed E-state index contributed by atoms with van der Waals surface area (Å²) < 4.78 is 5.81. The number of hydrogen-bond acceptors (Lipinski definition) is 3. The van der Waals surface area contributed by atoms with Crippen LogP contribution in [0.4, 0.5) is 4.79 Å². The van der Waals surface area contributed by atoms with Crippen LogP contribution in [0.1, 0.15) is 42.0 Å². The Balaban J connectivity index is 1.26. The number of benzene rings is 1. The van der Waals surface area contributed by atoms with Gasteiger partial charge in [0.15, 0.2) is 0 Å². The van der Waals surface area contributed by atoms with Gasteiger partial charge in [-0.25, -0.2) is 4.79 Å². The van der Waals surface area contributed by atoms with Gasteiger partial charge >= 0.3 is 6.03 Å². The van der Waals surface area contributed by atoms with Gasteiger partial charge in [0, 0.05) is 18.9 Å². The minimum Gasteiger partial charge on any atom is -0.492 e. The molecule has 2 aliphatic rings. The van der Waals surface area contributed by atoms with E-state index in [1.807, 2.05) is 23.1 Å². The highest BCUT2D eigenvalue weighted by Gasteiger charge is 2.29. The van der Waals surface area contributed by atoms with Gasteiger partial charge in [-0.2, -0.15) is 0 Å². The van der Waals surface area contributed by atoms with Crippen molar-refractivity contribution in [3.05, 3.63) is 59.4 Å². The van der Waals surface area contributed by atoms with Crippen LogP contribution in [0.3, 0.4) is 0 Å². The molecular formula is C21H25N3O2. The summed E-state index contributed by atoms with van der Waals surface area (Å²) in [6.07, 6.45) is 9.18. The Morgan fingerprint density at radius 1 is 1.15 bits per heavy atom. The number of ether oxygens (including phenoxy) is 1. The summed E-state index contributed by atoms with van der Waals surface area (Å²) >= 11 is 0. The topological polar surface area (TPSA) is 54.5 Å². The van der Waals surface area contributed by atoms with Gasteiger partial charge in [-0.05, 0) is 73.1 Å². The van der Waals surface area contributed by atoms with Crippen molar-refractivity contribution >= 4 is 6.03 Å². The van der Waals surface area contributed by atoms with Gasteiger partial charge in [0.2, 0.25) is 0 Å². The minimum atomic E-state index is -0.0122. The minimum absolute atomic E-state index is 0.0122. The lowest BCUT2D eigenvalue weighted by atomic mass is 10.1. The second-order valence-corrected chi connectivity index (χ2v) is 7.00. The number of urea groups is 1. The van der Waals surface area contributed by atoms with E-state index < -0.39 is 0 Å². The highest BCUT2D eigenvalue weighted by Crippen LogP contribution is 2.31. The molecule has 5 nitrogen and oxygen atoms in total. The number of carbonyl (C=O) groups excluding carboxylic acids is 1. The fourth-order valence-electron chi connectivity index (χ4n) is 4.01. The van der Waals surface area contributed by atoms with Gasteiger partial charge < -0.3 is 15.0 Å². The third-order valence-electron chi connectivity index (χ3n) is 5.32. The predicted octanol–water partition coefficient (Wildman–Crippen LogP) is 3.50. The Bertz CT molecular complexity index is 763. The van der Waals surface area contributed by atoms with Crippen LogP contribution < -0.4 is 10.1 Å². The molecule has 1 fully saturated rings. The molecule has 1 aromatic carbocycles. The quantitative estimate of drug-likeness (QED) is 0.839. The molecular weight excluding hydrogens is 326 g/mol. The second kappa shape index (κ2) is 7.77. The lowest BCUT2D eigenvalue weighted by molar-refractivity contribution is 0.190. The van der Waals surface area contributed by atoms with Crippen LogP contribution in [0.25, 0.3) is 0 Å². The number of carbonyl (C=O) groups is 1. The van der Waals surface area contributed by atoms with Crippen LogP contribution in [0, 0.1) is 0 Å². The van der Waals surface area contributed by atoms with Gasteiger partial charge in [-0.1, -0.05) is 6.07 Å². The van der Waals surface area contributed by atoms with Crippen LogP contribution in [0.2, 0.25) is 0 Å². The van der Waals surface area contributed by atoms with Gasteiger partial charge in [0.25, 0.3) is 0 Å². The van der Waals surface area contributed by atoms with Crippen LogP contribution in [0.15, 0.2) is 42.7 Å². The molecule has 0 spiro atoms. The lowest BCUT2D eigenvalue weighted by Crippen LogP contribution is -2.41. The average molecular weight is 351 g/mol. The van der Waals surface area contributed by atoms with Crippen molar-refractivity contribution in [2.45, 2.75) is 38.1 Å². The molecule has 0 bridgehead atoms. The van der Waals surface area contributed by atoms with E-state index in [1.54, 1.807) is 12.4 Å². The van der Waals surface area contributed by atoms with E-state index in [-0.39, 0.29) is 12.1 Å². The number of fused-ring (bicyclic) bond motifs is 1. The first kappa shape index (κ1) is 16.9. The summed E-state index contributed by atoms with van der Waals surface area (Å²) in [6, 6.07) is 10.5. The van der Waals surface area contributed by atoms with Gasteiger partial charge in [-0.3, -0.25) is 4.98 Å². The third kappa shape index (κ3) is 3.66. The van der Waals surface area contributed by atoms with E-state index in [0.717, 1.165) is 37.1 Å². The van der Waals surface area contributed by atoms with Crippen molar-refractivity contribution < 1.29 is 9.53 Å². The maximum absolute atomic E-state index is 12.5. The zero-order valence-electron chi connectivity index (χ0n) is 15.0. The van der Waals surface area contributed by atoms with Crippen molar-refractivity contribution in [2.24, 2.45) is 0 Å². The largest absolute Gasteiger partial charge is 0.492 e. The second-order valence-electron chi connectivity index (χ2n) is 7.00. The summed E-state index contributed by atoms with van der Waals surface area (Å²) in [7, 11) is 0. The van der Waals surface area contributed by atoms with Crippen LogP contribution in [-0.4, -0.2) is 35.6 Å². The standard InChI is InChI=1S/C21H25N3O2/c25-21(24-13-2-5-20(24)17-8-10-22-11-9-17)23-12-14-26-19-7-6-16-3-1-4-18(16)15-19/h6-11,15,20H,1-5,12-14H2,(H,23,25)/t20-/m1/s1. The number of amides is 2. The van der Waals surface area contributed by atoms with Crippen LogP contribution in [-0.2, 0) is 12.8 Å².